The number of nitrogens with zero attached hydrogens (tertiary/aromatic N) is 3. The monoisotopic (exact) mass is 273 g/mol. The third-order valence-electron chi connectivity index (χ3n) is 3.79. The molecular formula is C12H17F2N3O2. The predicted octanol–water partition coefficient (Wildman–Crippen LogP) is 2.11. The lowest BCUT2D eigenvalue weighted by Gasteiger charge is -2.41. The van der Waals surface area contributed by atoms with Crippen LogP contribution in [0.25, 0.3) is 0 Å². The minimum atomic E-state index is -2.65. The summed E-state index contributed by atoms with van der Waals surface area (Å²) >= 11 is 0. The van der Waals surface area contributed by atoms with E-state index in [-0.39, 0.29) is 12.4 Å². The third-order valence-corrected chi connectivity index (χ3v) is 3.79. The van der Waals surface area contributed by atoms with Crippen molar-refractivity contribution < 1.29 is 18.7 Å². The van der Waals surface area contributed by atoms with Crippen molar-refractivity contribution in [1.29, 1.82) is 0 Å². The van der Waals surface area contributed by atoms with Gasteiger partial charge in [-0.25, -0.2) is 4.98 Å². The number of imidazole rings is 1. The molecule has 0 amide bonds. The van der Waals surface area contributed by atoms with E-state index >= 15 is 0 Å². The first-order valence-electron chi connectivity index (χ1n) is 6.23. The molecule has 1 saturated heterocycles. The number of hydrogen-bond acceptors (Lipinski definition) is 3. The van der Waals surface area contributed by atoms with Crippen LogP contribution >= 0.6 is 0 Å². The first kappa shape index (κ1) is 13.9. The van der Waals surface area contributed by atoms with Crippen molar-refractivity contribution in [2.75, 3.05) is 6.54 Å². The summed E-state index contributed by atoms with van der Waals surface area (Å²) < 4.78 is 26.3. The van der Waals surface area contributed by atoms with Gasteiger partial charge in [-0.05, 0) is 32.7 Å². The average molecular weight is 273 g/mol. The van der Waals surface area contributed by atoms with Crippen molar-refractivity contribution in [1.82, 2.24) is 14.5 Å². The zero-order chi connectivity index (χ0) is 14.0. The summed E-state index contributed by atoms with van der Waals surface area (Å²) in [6.45, 7) is -0.304. The fourth-order valence-corrected chi connectivity index (χ4v) is 2.49. The van der Waals surface area contributed by atoms with Gasteiger partial charge in [0.2, 0.25) is 0 Å². The second kappa shape index (κ2) is 5.24. The number of likely N-dealkylation sites (tertiary alicyclic amines) is 1. The van der Waals surface area contributed by atoms with Crippen LogP contribution in [0.5, 0.6) is 0 Å². The highest BCUT2D eigenvalue weighted by Gasteiger charge is 2.41. The van der Waals surface area contributed by atoms with Crippen molar-refractivity contribution >= 4 is 5.97 Å². The van der Waals surface area contributed by atoms with Gasteiger partial charge >= 0.3 is 12.5 Å². The molecule has 0 saturated carbocycles. The van der Waals surface area contributed by atoms with Gasteiger partial charge < -0.3 is 5.11 Å². The first-order valence-corrected chi connectivity index (χ1v) is 6.23. The highest BCUT2D eigenvalue weighted by Crippen LogP contribution is 2.30. The molecule has 1 atom stereocenters. The second-order valence-electron chi connectivity index (χ2n) is 4.99. The number of carboxylic acid groups (broad SMARTS) is 1. The molecule has 7 heteroatoms. The number of aromatic nitrogens is 2. The minimum Gasteiger partial charge on any atom is -0.480 e. The maximum atomic E-state index is 12.8. The average Bonchev–Trinajstić information content (AvgIpc) is 2.80. The van der Waals surface area contributed by atoms with Crippen LogP contribution in [0.1, 0.15) is 38.6 Å². The lowest BCUT2D eigenvalue weighted by Crippen LogP contribution is -2.54. The predicted molar refractivity (Wildman–Crippen MR) is 63.8 cm³/mol. The van der Waals surface area contributed by atoms with E-state index in [1.54, 1.807) is 11.8 Å². The van der Waals surface area contributed by atoms with E-state index in [9.17, 15) is 18.7 Å². The molecule has 0 bridgehead atoms. The minimum absolute atomic E-state index is 0.125. The van der Waals surface area contributed by atoms with Crippen molar-refractivity contribution in [2.45, 2.75) is 44.8 Å². The first-order chi connectivity index (χ1) is 8.95. The molecule has 2 rings (SSSR count). The maximum Gasteiger partial charge on any atom is 0.323 e. The number of piperidine rings is 1. The zero-order valence-corrected chi connectivity index (χ0v) is 10.7. The van der Waals surface area contributed by atoms with E-state index < -0.39 is 18.1 Å². The van der Waals surface area contributed by atoms with Crippen LogP contribution in [0, 0.1) is 0 Å². The molecule has 1 N–H and O–H groups in total. The van der Waals surface area contributed by atoms with Crippen LogP contribution < -0.4 is 0 Å². The van der Waals surface area contributed by atoms with Gasteiger partial charge in [-0.15, -0.1) is 0 Å². The molecule has 1 fully saturated rings. The van der Waals surface area contributed by atoms with E-state index in [1.807, 2.05) is 0 Å². The zero-order valence-electron chi connectivity index (χ0n) is 10.7. The van der Waals surface area contributed by atoms with Crippen molar-refractivity contribution in [2.24, 2.45) is 0 Å². The Morgan fingerprint density at radius 1 is 1.58 bits per heavy atom. The lowest BCUT2D eigenvalue weighted by molar-refractivity contribution is -0.153. The Morgan fingerprint density at radius 2 is 2.32 bits per heavy atom. The van der Waals surface area contributed by atoms with Crippen molar-refractivity contribution in [3.63, 3.8) is 0 Å². The summed E-state index contributed by atoms with van der Waals surface area (Å²) in [5, 5.41) is 9.36. The Morgan fingerprint density at radius 3 is 2.95 bits per heavy atom. The molecular weight excluding hydrogens is 256 g/mol. The standard InChI is InChI=1S/C12H17F2N3O2/c1-12(10(18)19)4-2-3-6-16(12)8-9-15-5-7-17(9)11(13)14/h5,7,11H,2-4,6,8H2,1H3,(H,18,19). The molecule has 1 aliphatic heterocycles. The fourth-order valence-electron chi connectivity index (χ4n) is 2.49. The van der Waals surface area contributed by atoms with Gasteiger partial charge in [-0.2, -0.15) is 8.78 Å². The molecule has 1 aromatic heterocycles. The Balaban J connectivity index is 2.20. The molecule has 0 radical (unpaired) electrons. The molecule has 106 valence electrons. The number of alkyl halides is 2. The molecule has 1 aliphatic rings. The quantitative estimate of drug-likeness (QED) is 0.912. The summed E-state index contributed by atoms with van der Waals surface area (Å²) in [4.78, 5) is 17.0. The largest absolute Gasteiger partial charge is 0.480 e. The highest BCUT2D eigenvalue weighted by atomic mass is 19.3. The maximum absolute atomic E-state index is 12.8. The van der Waals surface area contributed by atoms with Crippen molar-refractivity contribution in [3.05, 3.63) is 18.2 Å². The van der Waals surface area contributed by atoms with E-state index in [4.69, 9.17) is 0 Å². The van der Waals surface area contributed by atoms with Gasteiger partial charge in [0.15, 0.2) is 0 Å². The Bertz CT molecular complexity index is 464. The Labute approximate surface area is 109 Å². The van der Waals surface area contributed by atoms with Crippen LogP contribution in [-0.4, -0.2) is 37.6 Å². The fraction of sp³-hybridized carbons (Fsp3) is 0.667. The summed E-state index contributed by atoms with van der Waals surface area (Å²) in [7, 11) is 0. The topological polar surface area (TPSA) is 58.4 Å². The molecule has 19 heavy (non-hydrogen) atoms. The Hall–Kier alpha value is -1.50. The number of rotatable bonds is 4. The SMILES string of the molecule is CC1(C(=O)O)CCCCN1Cc1nccn1C(F)F. The smallest absolute Gasteiger partial charge is 0.323 e. The Kier molecular flexibility index (Phi) is 3.84. The molecule has 1 aromatic rings. The number of hydrogen-bond donors (Lipinski definition) is 1. The van der Waals surface area contributed by atoms with Gasteiger partial charge in [0, 0.05) is 12.4 Å². The number of halogens is 2. The highest BCUT2D eigenvalue weighted by molar-refractivity contribution is 5.78. The van der Waals surface area contributed by atoms with E-state index in [2.05, 4.69) is 4.98 Å². The molecule has 0 spiro atoms. The van der Waals surface area contributed by atoms with Gasteiger partial charge in [-0.1, -0.05) is 0 Å². The second-order valence-corrected chi connectivity index (χ2v) is 4.99. The number of carbonyl (C=O) groups is 1. The summed E-state index contributed by atoms with van der Waals surface area (Å²) in [5.41, 5.74) is -1.00. The van der Waals surface area contributed by atoms with E-state index in [1.165, 1.54) is 12.4 Å². The molecule has 0 aromatic carbocycles. The summed E-state index contributed by atoms with van der Waals surface area (Å²) in [6.07, 6.45) is 4.75. The summed E-state index contributed by atoms with van der Waals surface area (Å²) in [6, 6.07) is 0. The lowest BCUT2D eigenvalue weighted by atomic mass is 9.88. The van der Waals surface area contributed by atoms with Crippen LogP contribution in [0.4, 0.5) is 8.78 Å². The van der Waals surface area contributed by atoms with Crippen LogP contribution in [0.3, 0.4) is 0 Å². The number of aliphatic carboxylic acids is 1. The van der Waals surface area contributed by atoms with Gasteiger partial charge in [0.1, 0.15) is 11.4 Å². The molecule has 5 nitrogen and oxygen atoms in total. The van der Waals surface area contributed by atoms with Crippen LogP contribution in [0.15, 0.2) is 12.4 Å². The van der Waals surface area contributed by atoms with Gasteiger partial charge in [0.05, 0.1) is 6.54 Å². The van der Waals surface area contributed by atoms with Crippen LogP contribution in [-0.2, 0) is 11.3 Å². The van der Waals surface area contributed by atoms with Gasteiger partial charge in [0.25, 0.3) is 0 Å². The summed E-state index contributed by atoms with van der Waals surface area (Å²) in [5.74, 6) is -0.716. The van der Waals surface area contributed by atoms with E-state index in [0.29, 0.717) is 13.0 Å². The van der Waals surface area contributed by atoms with E-state index in [0.717, 1.165) is 17.4 Å². The molecule has 1 unspecified atom stereocenters. The van der Waals surface area contributed by atoms with Crippen molar-refractivity contribution in [3.8, 4) is 0 Å². The van der Waals surface area contributed by atoms with Gasteiger partial charge in [-0.3, -0.25) is 14.3 Å². The van der Waals surface area contributed by atoms with Crippen LogP contribution in [0.2, 0.25) is 0 Å². The molecule has 2 heterocycles. The number of carboxylic acids is 1. The third kappa shape index (κ3) is 2.60. The molecule has 0 aliphatic carbocycles. The normalized spacial score (nSPS) is 24.8.